The Bertz CT molecular complexity index is 1160. The molecule has 0 spiro atoms. The van der Waals surface area contributed by atoms with Crippen molar-refractivity contribution in [3.8, 4) is 5.75 Å². The van der Waals surface area contributed by atoms with Crippen LogP contribution in [0.1, 0.15) is 39.8 Å². The van der Waals surface area contributed by atoms with E-state index in [0.29, 0.717) is 17.9 Å². The third-order valence-corrected chi connectivity index (χ3v) is 5.84. The highest BCUT2D eigenvalue weighted by Gasteiger charge is 2.48. The fourth-order valence-corrected chi connectivity index (χ4v) is 4.31. The van der Waals surface area contributed by atoms with Crippen LogP contribution in [0.2, 0.25) is 0 Å². The molecule has 2 heterocycles. The molecule has 1 aliphatic rings. The Hall–Kier alpha value is -3.61. The zero-order valence-corrected chi connectivity index (χ0v) is 19.1. The average molecular weight is 433 g/mol. The largest absolute Gasteiger partial charge is 0.497 e. The zero-order chi connectivity index (χ0) is 23.0. The summed E-state index contributed by atoms with van der Waals surface area (Å²) in [6.07, 6.45) is 0. The lowest BCUT2D eigenvalue weighted by atomic mass is 9.93. The second-order valence-electron chi connectivity index (χ2n) is 8.62. The highest BCUT2D eigenvalue weighted by atomic mass is 16.5. The molecular formula is C25H28N4O3. The normalized spacial score (nSPS) is 17.8. The monoisotopic (exact) mass is 432 g/mol. The molecule has 0 bridgehead atoms. The third-order valence-electron chi connectivity index (χ3n) is 5.84. The van der Waals surface area contributed by atoms with Crippen LogP contribution in [0.25, 0.3) is 0 Å². The first kappa shape index (κ1) is 21.6. The lowest BCUT2D eigenvalue weighted by molar-refractivity contribution is -0.126. The third kappa shape index (κ3) is 3.86. The lowest BCUT2D eigenvalue weighted by Gasteiger charge is -2.43. The van der Waals surface area contributed by atoms with Crippen molar-refractivity contribution in [3.05, 3.63) is 76.6 Å². The summed E-state index contributed by atoms with van der Waals surface area (Å²) in [5.74, 6) is 0.288. The van der Waals surface area contributed by atoms with Gasteiger partial charge in [0.15, 0.2) is 0 Å². The topological polar surface area (TPSA) is 76.5 Å². The minimum Gasteiger partial charge on any atom is -0.497 e. The van der Waals surface area contributed by atoms with Gasteiger partial charge >= 0.3 is 0 Å². The van der Waals surface area contributed by atoms with Crippen LogP contribution in [0.3, 0.4) is 0 Å². The second kappa shape index (κ2) is 8.15. The van der Waals surface area contributed by atoms with Gasteiger partial charge in [-0.15, -0.1) is 0 Å². The van der Waals surface area contributed by atoms with Crippen molar-refractivity contribution >= 4 is 17.5 Å². The maximum Gasteiger partial charge on any atom is 0.277 e. The van der Waals surface area contributed by atoms with Crippen LogP contribution in [0.5, 0.6) is 5.75 Å². The maximum absolute atomic E-state index is 13.6. The summed E-state index contributed by atoms with van der Waals surface area (Å²) >= 11 is 0. The summed E-state index contributed by atoms with van der Waals surface area (Å²) in [4.78, 5) is 28.8. The number of nitrogens with one attached hydrogen (secondary N) is 1. The molecule has 7 nitrogen and oxygen atoms in total. The van der Waals surface area contributed by atoms with Crippen molar-refractivity contribution < 1.29 is 14.3 Å². The van der Waals surface area contributed by atoms with E-state index < -0.39 is 5.54 Å². The fourth-order valence-electron chi connectivity index (χ4n) is 4.31. The number of ether oxygens (including phenoxy) is 1. The molecule has 1 N–H and O–H groups in total. The van der Waals surface area contributed by atoms with E-state index in [1.165, 1.54) is 0 Å². The van der Waals surface area contributed by atoms with Gasteiger partial charge in [0.2, 0.25) is 5.91 Å². The number of benzene rings is 2. The van der Waals surface area contributed by atoms with Gasteiger partial charge in [0.05, 0.1) is 19.3 Å². The first-order chi connectivity index (χ1) is 15.2. The quantitative estimate of drug-likeness (QED) is 0.669. The first-order valence-electron chi connectivity index (χ1n) is 10.6. The first-order valence-corrected chi connectivity index (χ1v) is 10.6. The number of carbonyl (C=O) groups is 2. The van der Waals surface area contributed by atoms with E-state index in [-0.39, 0.29) is 18.4 Å². The molecule has 166 valence electrons. The molecule has 1 aliphatic heterocycles. The van der Waals surface area contributed by atoms with Gasteiger partial charge in [-0.25, -0.2) is 0 Å². The van der Waals surface area contributed by atoms with Gasteiger partial charge in [-0.3, -0.25) is 19.2 Å². The van der Waals surface area contributed by atoms with Gasteiger partial charge in [0, 0.05) is 12.2 Å². The van der Waals surface area contributed by atoms with E-state index >= 15 is 0 Å². The molecule has 0 saturated carbocycles. The number of nitrogens with zero attached hydrogens (tertiary/aromatic N) is 3. The Morgan fingerprint density at radius 2 is 1.75 bits per heavy atom. The summed E-state index contributed by atoms with van der Waals surface area (Å²) < 4.78 is 6.84. The van der Waals surface area contributed by atoms with Crippen LogP contribution in [0.15, 0.2) is 48.5 Å². The number of amides is 2. The number of rotatable bonds is 5. The van der Waals surface area contributed by atoms with E-state index in [1.807, 2.05) is 63.2 Å². The van der Waals surface area contributed by atoms with Gasteiger partial charge < -0.3 is 10.1 Å². The molecule has 2 amide bonds. The Balaban J connectivity index is 1.69. The van der Waals surface area contributed by atoms with Gasteiger partial charge in [0.1, 0.15) is 17.0 Å². The zero-order valence-electron chi connectivity index (χ0n) is 19.1. The molecule has 0 radical (unpaired) electrons. The Labute approximate surface area is 188 Å². The van der Waals surface area contributed by atoms with Crippen molar-refractivity contribution in [2.75, 3.05) is 12.0 Å². The molecule has 7 heteroatoms. The van der Waals surface area contributed by atoms with Crippen LogP contribution in [0.4, 0.5) is 5.69 Å². The minimum atomic E-state index is -1.14. The van der Waals surface area contributed by atoms with Crippen LogP contribution in [-0.2, 0) is 17.9 Å². The summed E-state index contributed by atoms with van der Waals surface area (Å²) in [5.41, 5.74) is 3.81. The number of carbonyl (C=O) groups excluding carboxylic acids is 2. The van der Waals surface area contributed by atoms with Crippen molar-refractivity contribution in [1.82, 2.24) is 15.1 Å². The molecule has 3 aromatic rings. The van der Waals surface area contributed by atoms with Crippen LogP contribution >= 0.6 is 0 Å². The number of methoxy groups -OCH3 is 1. The molecule has 1 unspecified atom stereocenters. The maximum atomic E-state index is 13.6. The van der Waals surface area contributed by atoms with E-state index in [2.05, 4.69) is 10.4 Å². The van der Waals surface area contributed by atoms with Crippen molar-refractivity contribution in [3.63, 3.8) is 0 Å². The SMILES string of the molecule is COc1ccc(CNC(=O)C2(C)Cn3nc(C)cc3C(=O)N2c2cc(C)cc(C)c2)cc1. The molecule has 1 aromatic heterocycles. The highest BCUT2D eigenvalue weighted by molar-refractivity contribution is 6.11. The number of hydrogen-bond acceptors (Lipinski definition) is 4. The standard InChI is InChI=1S/C25H28N4O3/c1-16-10-17(2)12-20(11-16)29-23(30)22-13-18(3)27-28(22)15-25(29,4)24(31)26-14-19-6-8-21(32-5)9-7-19/h6-13H,14-15H2,1-5H3,(H,26,31). The van der Waals surface area contributed by atoms with Crippen LogP contribution in [-0.4, -0.2) is 34.2 Å². The summed E-state index contributed by atoms with van der Waals surface area (Å²) in [5, 5.41) is 7.47. The fraction of sp³-hybridized carbons (Fsp3) is 0.320. The summed E-state index contributed by atoms with van der Waals surface area (Å²) in [6.45, 7) is 8.23. The minimum absolute atomic E-state index is 0.232. The van der Waals surface area contributed by atoms with E-state index in [1.54, 1.807) is 29.7 Å². The molecular weight excluding hydrogens is 404 g/mol. The molecule has 0 aliphatic carbocycles. The average Bonchev–Trinajstić information content (AvgIpc) is 3.11. The van der Waals surface area contributed by atoms with Crippen molar-refractivity contribution in [1.29, 1.82) is 0 Å². The predicted octanol–water partition coefficient (Wildman–Crippen LogP) is 3.55. The highest BCUT2D eigenvalue weighted by Crippen LogP contribution is 2.34. The Kier molecular flexibility index (Phi) is 5.50. The lowest BCUT2D eigenvalue weighted by Crippen LogP contribution is -2.64. The van der Waals surface area contributed by atoms with E-state index in [9.17, 15) is 9.59 Å². The van der Waals surface area contributed by atoms with Crippen LogP contribution in [0, 0.1) is 20.8 Å². The Morgan fingerprint density at radius 3 is 2.38 bits per heavy atom. The molecule has 4 rings (SSSR count). The summed E-state index contributed by atoms with van der Waals surface area (Å²) in [6, 6.07) is 15.2. The Morgan fingerprint density at radius 1 is 1.09 bits per heavy atom. The number of aryl methyl sites for hydroxylation is 3. The number of aromatic nitrogens is 2. The van der Waals surface area contributed by atoms with Gasteiger partial charge in [-0.05, 0) is 74.7 Å². The number of fused-ring (bicyclic) bond motifs is 1. The van der Waals surface area contributed by atoms with Crippen molar-refractivity contribution in [2.45, 2.75) is 46.3 Å². The predicted molar refractivity (Wildman–Crippen MR) is 123 cm³/mol. The molecule has 0 saturated heterocycles. The van der Waals surface area contributed by atoms with Gasteiger partial charge in [-0.2, -0.15) is 5.10 Å². The van der Waals surface area contributed by atoms with Gasteiger partial charge in [-0.1, -0.05) is 18.2 Å². The van der Waals surface area contributed by atoms with E-state index in [4.69, 9.17) is 4.74 Å². The molecule has 2 aromatic carbocycles. The summed E-state index contributed by atoms with van der Waals surface area (Å²) in [7, 11) is 1.62. The van der Waals surface area contributed by atoms with E-state index in [0.717, 1.165) is 28.1 Å². The molecule has 32 heavy (non-hydrogen) atoms. The number of anilines is 1. The van der Waals surface area contributed by atoms with Crippen molar-refractivity contribution in [2.24, 2.45) is 0 Å². The smallest absolute Gasteiger partial charge is 0.277 e. The second-order valence-corrected chi connectivity index (χ2v) is 8.62. The molecule has 0 fully saturated rings. The number of hydrogen-bond donors (Lipinski definition) is 1. The van der Waals surface area contributed by atoms with Gasteiger partial charge in [0.25, 0.3) is 5.91 Å². The molecule has 1 atom stereocenters. The van der Waals surface area contributed by atoms with Crippen LogP contribution < -0.4 is 15.0 Å².